The predicted molar refractivity (Wildman–Crippen MR) is 95.1 cm³/mol. The van der Waals surface area contributed by atoms with E-state index in [0.29, 0.717) is 5.69 Å². The lowest BCUT2D eigenvalue weighted by molar-refractivity contribution is 0.00578. The molecule has 0 aliphatic carbocycles. The maximum absolute atomic E-state index is 11.0. The van der Waals surface area contributed by atoms with Gasteiger partial charge in [-0.15, -0.1) is 0 Å². The van der Waals surface area contributed by atoms with Crippen LogP contribution in [0.5, 0.6) is 0 Å². The van der Waals surface area contributed by atoms with E-state index >= 15 is 0 Å². The van der Waals surface area contributed by atoms with Gasteiger partial charge in [0, 0.05) is 6.20 Å². The maximum atomic E-state index is 11.0. The van der Waals surface area contributed by atoms with Crippen molar-refractivity contribution in [2.75, 3.05) is 0 Å². The van der Waals surface area contributed by atoms with Gasteiger partial charge in [-0.1, -0.05) is 30.3 Å². The maximum Gasteiger partial charge on any atom is 0.494 e. The Balaban J connectivity index is 1.94. The minimum Gasteiger partial charge on any atom is -0.399 e. The second-order valence-corrected chi connectivity index (χ2v) is 7.50. The molecule has 0 spiro atoms. The van der Waals surface area contributed by atoms with Crippen LogP contribution in [-0.4, -0.2) is 28.4 Å². The van der Waals surface area contributed by atoms with E-state index in [2.05, 4.69) is 4.98 Å². The number of aliphatic hydroxyl groups is 1. The topological polar surface area (TPSA) is 51.6 Å². The molecule has 0 radical (unpaired) electrons. The van der Waals surface area contributed by atoms with Crippen LogP contribution in [0.2, 0.25) is 0 Å². The summed E-state index contributed by atoms with van der Waals surface area (Å²) < 4.78 is 12.2. The summed E-state index contributed by atoms with van der Waals surface area (Å²) in [5.74, 6) is 0. The van der Waals surface area contributed by atoms with Crippen LogP contribution in [0.3, 0.4) is 0 Å². The summed E-state index contributed by atoms with van der Waals surface area (Å²) in [5.41, 5.74) is 0.293. The fourth-order valence-corrected chi connectivity index (χ4v) is 2.77. The molecule has 4 nitrogen and oxygen atoms in total. The molecule has 1 aromatic heterocycles. The number of pyridine rings is 1. The first-order chi connectivity index (χ1) is 11.1. The van der Waals surface area contributed by atoms with Crippen molar-refractivity contribution >= 4 is 12.6 Å². The predicted octanol–water partition coefficient (Wildman–Crippen LogP) is 2.64. The molecule has 1 saturated heterocycles. The van der Waals surface area contributed by atoms with Gasteiger partial charge in [0.1, 0.15) is 5.60 Å². The molecular formula is C19H24BNO3. The molecular weight excluding hydrogens is 301 g/mol. The van der Waals surface area contributed by atoms with E-state index in [1.54, 1.807) is 13.1 Å². The van der Waals surface area contributed by atoms with Crippen LogP contribution < -0.4 is 5.46 Å². The average Bonchev–Trinajstić information content (AvgIpc) is 2.76. The molecule has 0 bridgehead atoms. The van der Waals surface area contributed by atoms with Gasteiger partial charge in [0.15, 0.2) is 0 Å². The second kappa shape index (κ2) is 5.69. The third-order valence-electron chi connectivity index (χ3n) is 5.14. The first-order valence-electron chi connectivity index (χ1n) is 8.23. The van der Waals surface area contributed by atoms with Gasteiger partial charge in [0.05, 0.1) is 16.9 Å². The highest BCUT2D eigenvalue weighted by Gasteiger charge is 2.51. The summed E-state index contributed by atoms with van der Waals surface area (Å²) in [6, 6.07) is 13.2. The van der Waals surface area contributed by atoms with E-state index in [4.69, 9.17) is 9.31 Å². The zero-order valence-corrected chi connectivity index (χ0v) is 14.9. The molecule has 3 rings (SSSR count). The molecule has 2 aromatic rings. The van der Waals surface area contributed by atoms with Crippen LogP contribution in [0, 0.1) is 0 Å². The highest BCUT2D eigenvalue weighted by atomic mass is 16.7. The smallest absolute Gasteiger partial charge is 0.399 e. The molecule has 1 N–H and O–H groups in total. The van der Waals surface area contributed by atoms with Crippen molar-refractivity contribution in [2.45, 2.75) is 51.4 Å². The van der Waals surface area contributed by atoms with Crippen molar-refractivity contribution in [3.8, 4) is 0 Å². The summed E-state index contributed by atoms with van der Waals surface area (Å²) in [4.78, 5) is 4.29. The minimum absolute atomic E-state index is 0.392. The number of benzene rings is 1. The highest BCUT2D eigenvalue weighted by molar-refractivity contribution is 6.62. The number of hydrogen-bond acceptors (Lipinski definition) is 4. The highest BCUT2D eigenvalue weighted by Crippen LogP contribution is 2.36. The zero-order valence-electron chi connectivity index (χ0n) is 14.9. The van der Waals surface area contributed by atoms with Gasteiger partial charge in [0.25, 0.3) is 0 Å². The molecule has 24 heavy (non-hydrogen) atoms. The largest absolute Gasteiger partial charge is 0.494 e. The number of rotatable bonds is 3. The Morgan fingerprint density at radius 3 is 2.25 bits per heavy atom. The average molecular weight is 325 g/mol. The van der Waals surface area contributed by atoms with Gasteiger partial charge in [-0.2, -0.15) is 0 Å². The van der Waals surface area contributed by atoms with Crippen LogP contribution >= 0.6 is 0 Å². The summed E-state index contributed by atoms with van der Waals surface area (Å²) in [7, 11) is -0.450. The van der Waals surface area contributed by atoms with E-state index < -0.39 is 23.9 Å². The summed E-state index contributed by atoms with van der Waals surface area (Å²) in [5, 5.41) is 11.0. The fraction of sp³-hybridized carbons (Fsp3) is 0.421. The molecule has 2 heterocycles. The van der Waals surface area contributed by atoms with Crippen LogP contribution in [0.1, 0.15) is 45.9 Å². The SMILES string of the molecule is CC(O)(c1cccc(B2OC(C)(C)C(C)(C)O2)c1)c1ccccn1. The van der Waals surface area contributed by atoms with E-state index in [-0.39, 0.29) is 0 Å². The first-order valence-corrected chi connectivity index (χ1v) is 8.23. The quantitative estimate of drug-likeness (QED) is 0.882. The second-order valence-electron chi connectivity index (χ2n) is 7.50. The Hall–Kier alpha value is -1.69. The minimum atomic E-state index is -1.18. The van der Waals surface area contributed by atoms with Crippen LogP contribution in [0.15, 0.2) is 48.7 Å². The summed E-state index contributed by atoms with van der Waals surface area (Å²) in [6.07, 6.45) is 1.68. The zero-order chi connectivity index (χ0) is 17.6. The molecule has 5 heteroatoms. The van der Waals surface area contributed by atoms with Crippen molar-refractivity contribution in [1.82, 2.24) is 4.98 Å². The van der Waals surface area contributed by atoms with Gasteiger partial charge >= 0.3 is 7.12 Å². The standard InChI is InChI=1S/C19H24BNO3/c1-17(2)18(3,4)24-20(23-17)15-10-8-9-14(13-15)19(5,22)16-11-6-7-12-21-16/h6-13,22H,1-5H3. The number of hydrogen-bond donors (Lipinski definition) is 1. The van der Waals surface area contributed by atoms with Crippen molar-refractivity contribution in [2.24, 2.45) is 0 Å². The first kappa shape index (κ1) is 17.1. The fourth-order valence-electron chi connectivity index (χ4n) is 2.77. The molecule has 1 fully saturated rings. The van der Waals surface area contributed by atoms with Crippen molar-refractivity contribution in [1.29, 1.82) is 0 Å². The molecule has 1 aromatic carbocycles. The molecule has 1 aliphatic rings. The third-order valence-corrected chi connectivity index (χ3v) is 5.14. The number of aromatic nitrogens is 1. The molecule has 0 saturated carbocycles. The Bertz CT molecular complexity index is 712. The van der Waals surface area contributed by atoms with E-state index in [9.17, 15) is 5.11 Å². The molecule has 1 aliphatic heterocycles. The lowest BCUT2D eigenvalue weighted by Gasteiger charge is -2.32. The molecule has 1 unspecified atom stereocenters. The van der Waals surface area contributed by atoms with Crippen molar-refractivity contribution < 1.29 is 14.4 Å². The van der Waals surface area contributed by atoms with Gasteiger partial charge in [-0.05, 0) is 57.8 Å². The van der Waals surface area contributed by atoms with E-state index in [0.717, 1.165) is 11.0 Å². The summed E-state index contributed by atoms with van der Waals surface area (Å²) >= 11 is 0. The van der Waals surface area contributed by atoms with Gasteiger partial charge < -0.3 is 14.4 Å². The Labute approximate surface area is 144 Å². The van der Waals surface area contributed by atoms with Gasteiger partial charge in [-0.25, -0.2) is 0 Å². The summed E-state index contributed by atoms with van der Waals surface area (Å²) in [6.45, 7) is 9.86. The molecule has 1 atom stereocenters. The molecule has 126 valence electrons. The lowest BCUT2D eigenvalue weighted by atomic mass is 9.76. The molecule has 0 amide bonds. The number of nitrogens with zero attached hydrogens (tertiary/aromatic N) is 1. The Morgan fingerprint density at radius 2 is 1.67 bits per heavy atom. The van der Waals surface area contributed by atoms with Crippen molar-refractivity contribution in [3.63, 3.8) is 0 Å². The van der Waals surface area contributed by atoms with E-state index in [1.165, 1.54) is 0 Å². The Morgan fingerprint density at radius 1 is 1.00 bits per heavy atom. The van der Waals surface area contributed by atoms with Gasteiger partial charge in [-0.3, -0.25) is 4.98 Å². The lowest BCUT2D eigenvalue weighted by Crippen LogP contribution is -2.41. The van der Waals surface area contributed by atoms with Crippen molar-refractivity contribution in [3.05, 3.63) is 59.9 Å². The van der Waals surface area contributed by atoms with Gasteiger partial charge in [0.2, 0.25) is 0 Å². The monoisotopic (exact) mass is 325 g/mol. The Kier molecular flexibility index (Phi) is 4.07. The van der Waals surface area contributed by atoms with E-state index in [1.807, 2.05) is 70.2 Å². The normalized spacial score (nSPS) is 21.5. The third kappa shape index (κ3) is 2.88. The van der Waals surface area contributed by atoms with Crippen LogP contribution in [0.4, 0.5) is 0 Å². The van der Waals surface area contributed by atoms with Crippen LogP contribution in [0.25, 0.3) is 0 Å². The van der Waals surface area contributed by atoms with Crippen LogP contribution in [-0.2, 0) is 14.9 Å².